The zero-order valence-electron chi connectivity index (χ0n) is 11.0. The minimum Gasteiger partial charge on any atom is -0.116 e. The maximum absolute atomic E-state index is 5.51. The van der Waals surface area contributed by atoms with E-state index in [-0.39, 0.29) is 0 Å². The van der Waals surface area contributed by atoms with Crippen molar-refractivity contribution in [3.8, 4) is 0 Å². The van der Waals surface area contributed by atoms with Gasteiger partial charge < -0.3 is 0 Å². The Hall–Kier alpha value is -0.490. The van der Waals surface area contributed by atoms with E-state index >= 15 is 0 Å². The lowest BCUT2D eigenvalue weighted by atomic mass is 10.1. The van der Waals surface area contributed by atoms with E-state index in [2.05, 4.69) is 39.8 Å². The summed E-state index contributed by atoms with van der Waals surface area (Å²) in [5.74, 6) is 1.58. The first-order valence-electron chi connectivity index (χ1n) is 5.94. The van der Waals surface area contributed by atoms with Crippen LogP contribution >= 0.6 is 11.6 Å². The van der Waals surface area contributed by atoms with Gasteiger partial charge in [0.25, 0.3) is 0 Å². The summed E-state index contributed by atoms with van der Waals surface area (Å²) in [4.78, 5) is 0. The largest absolute Gasteiger partial charge is 0.116 e. The predicted octanol–water partition coefficient (Wildman–Crippen LogP) is 5.81. The Labute approximate surface area is 106 Å². The third-order valence-corrected chi connectivity index (χ3v) is 2.60. The van der Waals surface area contributed by atoms with E-state index < -0.39 is 0 Å². The highest BCUT2D eigenvalue weighted by Gasteiger charge is 1.91. The van der Waals surface area contributed by atoms with Crippen LogP contribution in [-0.4, -0.2) is 0 Å². The minimum absolute atomic E-state index is 1.10. The maximum Gasteiger partial charge on any atom is 0.0717 e. The molecule has 0 aromatic rings. The van der Waals surface area contributed by atoms with Crippen LogP contribution in [0.1, 0.15) is 53.4 Å². The van der Waals surface area contributed by atoms with Crippen molar-refractivity contribution in [2.75, 3.05) is 0 Å². The Morgan fingerprint density at radius 1 is 0.875 bits per heavy atom. The molecule has 0 bridgehead atoms. The molecule has 0 amide bonds. The average molecular weight is 240 g/mol. The summed E-state index contributed by atoms with van der Waals surface area (Å²) in [6.07, 6.45) is 11.2. The molecule has 0 aliphatic carbocycles. The van der Waals surface area contributed by atoms with Crippen molar-refractivity contribution in [3.05, 3.63) is 40.8 Å². The van der Waals surface area contributed by atoms with E-state index in [0.29, 0.717) is 0 Å². The van der Waals surface area contributed by atoms with Crippen molar-refractivity contribution in [1.82, 2.24) is 0 Å². The van der Waals surface area contributed by atoms with Gasteiger partial charge >= 0.3 is 0 Å². The second-order valence-electron chi connectivity index (χ2n) is 4.55. The molecule has 0 unspecified atom stereocenters. The quantitative estimate of drug-likeness (QED) is 0.492. The average Bonchev–Trinajstić information content (AvgIpc) is 2.17. The van der Waals surface area contributed by atoms with Crippen LogP contribution in [0.3, 0.4) is 0 Å². The molecule has 1 heteroatoms. The summed E-state index contributed by atoms with van der Waals surface area (Å²) in [7, 11) is 0. The van der Waals surface area contributed by atoms with E-state index in [1.54, 1.807) is 5.88 Å². The van der Waals surface area contributed by atoms with Gasteiger partial charge in [-0.15, -0.1) is 11.6 Å². The normalized spacial score (nSPS) is 12.8. The van der Waals surface area contributed by atoms with Crippen molar-refractivity contribution in [2.24, 2.45) is 0 Å². The maximum atomic E-state index is 5.51. The van der Waals surface area contributed by atoms with E-state index in [4.69, 9.17) is 11.6 Å². The molecular weight excluding hydrogens is 216 g/mol. The fraction of sp³-hybridized carbons (Fsp3) is 0.533. The third-order valence-electron chi connectivity index (χ3n) is 2.47. The smallest absolute Gasteiger partial charge is 0.0717 e. The molecule has 91 valence electrons. The van der Waals surface area contributed by atoms with Crippen molar-refractivity contribution >= 4 is 11.6 Å². The van der Waals surface area contributed by atoms with Gasteiger partial charge in [0.05, 0.1) is 5.88 Å². The molecule has 16 heavy (non-hydrogen) atoms. The third kappa shape index (κ3) is 10.0. The van der Waals surface area contributed by atoms with Gasteiger partial charge in [0, 0.05) is 0 Å². The molecule has 0 N–H and O–H groups in total. The molecule has 0 aliphatic heterocycles. The highest BCUT2D eigenvalue weighted by Crippen LogP contribution is 2.11. The van der Waals surface area contributed by atoms with Gasteiger partial charge in [-0.25, -0.2) is 0 Å². The van der Waals surface area contributed by atoms with Crippen molar-refractivity contribution in [2.45, 2.75) is 53.4 Å². The summed E-state index contributed by atoms with van der Waals surface area (Å²) >= 11 is 5.51. The van der Waals surface area contributed by atoms with Crippen LogP contribution in [0.25, 0.3) is 0 Å². The molecule has 0 aromatic carbocycles. The number of rotatable bonds is 7. The number of hydrogen-bond acceptors (Lipinski definition) is 0. The van der Waals surface area contributed by atoms with Crippen LogP contribution in [0.2, 0.25) is 0 Å². The van der Waals surface area contributed by atoms with Crippen LogP contribution in [0.5, 0.6) is 0 Å². The van der Waals surface area contributed by atoms with Gasteiger partial charge in [0.1, 0.15) is 0 Å². The Bertz CT molecular complexity index is 265. The highest BCUT2D eigenvalue weighted by molar-refractivity contribution is 6.24. The van der Waals surface area contributed by atoms with Gasteiger partial charge in [-0.05, 0) is 53.4 Å². The Kier molecular flexibility index (Phi) is 9.42. The summed E-state index contributed by atoms with van der Waals surface area (Å²) in [6.45, 7) is 8.63. The van der Waals surface area contributed by atoms with Gasteiger partial charge in [0.2, 0.25) is 0 Å². The van der Waals surface area contributed by atoms with Gasteiger partial charge in [-0.3, -0.25) is 0 Å². The molecule has 0 saturated heterocycles. The molecule has 0 heterocycles. The first kappa shape index (κ1) is 15.5. The Balaban J connectivity index is 3.79. The summed E-state index contributed by atoms with van der Waals surface area (Å²) in [5.41, 5.74) is 4.23. The lowest BCUT2D eigenvalue weighted by Crippen LogP contribution is -1.80. The molecule has 0 aliphatic rings. The molecule has 0 rings (SSSR count). The Morgan fingerprint density at radius 2 is 1.44 bits per heavy atom. The Morgan fingerprint density at radius 3 is 2.00 bits per heavy atom. The number of hydrogen-bond donors (Lipinski definition) is 0. The minimum atomic E-state index is 1.10. The monoisotopic (exact) mass is 239 g/mol. The second kappa shape index (κ2) is 9.72. The van der Waals surface area contributed by atoms with Crippen LogP contribution in [0, 0.1) is 5.88 Å². The second-order valence-corrected chi connectivity index (χ2v) is 4.80. The topological polar surface area (TPSA) is 0 Å². The van der Waals surface area contributed by atoms with Crippen LogP contribution < -0.4 is 0 Å². The van der Waals surface area contributed by atoms with Crippen molar-refractivity contribution < 1.29 is 0 Å². The predicted molar refractivity (Wildman–Crippen MR) is 75.6 cm³/mol. The van der Waals surface area contributed by atoms with Crippen LogP contribution in [0.4, 0.5) is 0 Å². The molecule has 0 fully saturated rings. The molecule has 0 nitrogen and oxygen atoms in total. The SMILES string of the molecule is CC(C)=CCCC(C)=CCCC(C)=C[CH]Cl. The molecule has 0 saturated carbocycles. The summed E-state index contributed by atoms with van der Waals surface area (Å²) in [6, 6.07) is 0. The van der Waals surface area contributed by atoms with Crippen molar-refractivity contribution in [3.63, 3.8) is 0 Å². The fourth-order valence-corrected chi connectivity index (χ4v) is 1.64. The highest BCUT2D eigenvalue weighted by atomic mass is 35.5. The van der Waals surface area contributed by atoms with E-state index in [1.807, 2.05) is 6.08 Å². The van der Waals surface area contributed by atoms with E-state index in [0.717, 1.165) is 19.3 Å². The molecule has 0 aromatic heterocycles. The number of halogens is 1. The first-order chi connectivity index (χ1) is 7.56. The summed E-state index contributed by atoms with van der Waals surface area (Å²) in [5, 5.41) is 0. The van der Waals surface area contributed by atoms with Gasteiger partial charge in [-0.2, -0.15) is 0 Å². The molecule has 0 spiro atoms. The first-order valence-corrected chi connectivity index (χ1v) is 6.38. The van der Waals surface area contributed by atoms with E-state index in [1.165, 1.54) is 23.1 Å². The fourth-order valence-electron chi connectivity index (χ4n) is 1.43. The lowest BCUT2D eigenvalue weighted by Gasteiger charge is -2.00. The van der Waals surface area contributed by atoms with Crippen molar-refractivity contribution in [1.29, 1.82) is 0 Å². The molecular formula is C15H24Cl. The molecule has 0 atom stereocenters. The lowest BCUT2D eigenvalue weighted by molar-refractivity contribution is 0.918. The van der Waals surface area contributed by atoms with Gasteiger partial charge in [-0.1, -0.05) is 34.9 Å². The number of allylic oxidation sites excluding steroid dienone is 6. The zero-order chi connectivity index (χ0) is 12.4. The van der Waals surface area contributed by atoms with E-state index in [9.17, 15) is 0 Å². The van der Waals surface area contributed by atoms with Crippen LogP contribution in [0.15, 0.2) is 34.9 Å². The summed E-state index contributed by atoms with van der Waals surface area (Å²) < 4.78 is 0. The molecule has 1 radical (unpaired) electrons. The zero-order valence-corrected chi connectivity index (χ0v) is 11.8. The standard InChI is InChI=1S/C15H24Cl/c1-13(2)7-5-8-14(3)9-6-10-15(4)11-12-16/h7,9,11-12H,5-6,8,10H2,1-4H3. The van der Waals surface area contributed by atoms with Crippen LogP contribution in [-0.2, 0) is 0 Å². The van der Waals surface area contributed by atoms with Gasteiger partial charge in [0.15, 0.2) is 0 Å².